The standard InChI is InChI=1S/C14H18N2O2.C2H6/c1-18-13(17)16-8-6-14(7-9-16)10-15-12-5-3-2-4-11(12)14;1-2/h2-5,15H,6-10H2,1H3;1-2H3. The molecule has 2 aliphatic rings. The number of fused-ring (bicyclic) bond motifs is 2. The quantitative estimate of drug-likeness (QED) is 0.791. The molecule has 1 saturated heterocycles. The Hall–Kier alpha value is -1.71. The number of nitrogens with one attached hydrogen (secondary N) is 1. The van der Waals surface area contributed by atoms with Gasteiger partial charge in [0.2, 0.25) is 0 Å². The first-order valence-corrected chi connectivity index (χ1v) is 7.41. The molecule has 4 heteroatoms. The molecule has 4 nitrogen and oxygen atoms in total. The predicted molar refractivity (Wildman–Crippen MR) is 81.2 cm³/mol. The summed E-state index contributed by atoms with van der Waals surface area (Å²) in [5.41, 5.74) is 2.87. The minimum absolute atomic E-state index is 0.205. The maximum Gasteiger partial charge on any atom is 0.409 e. The first-order valence-electron chi connectivity index (χ1n) is 7.41. The maximum atomic E-state index is 11.5. The monoisotopic (exact) mass is 276 g/mol. The minimum atomic E-state index is -0.205. The van der Waals surface area contributed by atoms with Gasteiger partial charge in [0.1, 0.15) is 0 Å². The second-order valence-electron chi connectivity index (χ2n) is 5.14. The first-order chi connectivity index (χ1) is 9.75. The van der Waals surface area contributed by atoms with Gasteiger partial charge < -0.3 is 15.0 Å². The van der Waals surface area contributed by atoms with E-state index in [1.807, 2.05) is 13.8 Å². The van der Waals surface area contributed by atoms with Crippen LogP contribution in [0.4, 0.5) is 10.5 Å². The molecule has 2 aliphatic heterocycles. The van der Waals surface area contributed by atoms with E-state index in [-0.39, 0.29) is 11.5 Å². The van der Waals surface area contributed by atoms with Crippen molar-refractivity contribution in [2.45, 2.75) is 32.1 Å². The molecule has 0 unspecified atom stereocenters. The zero-order valence-electron chi connectivity index (χ0n) is 12.6. The Kier molecular flexibility index (Phi) is 4.53. The number of carbonyl (C=O) groups is 1. The van der Waals surface area contributed by atoms with Crippen molar-refractivity contribution in [2.75, 3.05) is 32.1 Å². The van der Waals surface area contributed by atoms with Crippen LogP contribution in [0.5, 0.6) is 0 Å². The summed E-state index contributed by atoms with van der Waals surface area (Å²) in [6.45, 7) is 6.55. The van der Waals surface area contributed by atoms with Gasteiger partial charge in [0.15, 0.2) is 0 Å². The Morgan fingerprint density at radius 1 is 1.25 bits per heavy atom. The first kappa shape index (κ1) is 14.7. The summed E-state index contributed by atoms with van der Waals surface area (Å²) < 4.78 is 4.78. The lowest BCUT2D eigenvalue weighted by Gasteiger charge is -2.38. The number of likely N-dealkylation sites (tertiary alicyclic amines) is 1. The summed E-state index contributed by atoms with van der Waals surface area (Å²) in [5.74, 6) is 0. The molecule has 0 radical (unpaired) electrons. The van der Waals surface area contributed by atoms with E-state index in [0.29, 0.717) is 0 Å². The van der Waals surface area contributed by atoms with Crippen molar-refractivity contribution in [2.24, 2.45) is 0 Å². The number of methoxy groups -OCH3 is 1. The third-order valence-corrected chi connectivity index (χ3v) is 4.27. The number of anilines is 1. The van der Waals surface area contributed by atoms with E-state index >= 15 is 0 Å². The van der Waals surface area contributed by atoms with Crippen molar-refractivity contribution in [1.29, 1.82) is 0 Å². The zero-order chi connectivity index (χ0) is 14.6. The van der Waals surface area contributed by atoms with Crippen LogP contribution in [0.2, 0.25) is 0 Å². The van der Waals surface area contributed by atoms with Crippen molar-refractivity contribution >= 4 is 11.8 Å². The van der Waals surface area contributed by atoms with Gasteiger partial charge in [-0.25, -0.2) is 4.79 Å². The Morgan fingerprint density at radius 2 is 1.90 bits per heavy atom. The molecule has 1 aromatic rings. The number of para-hydroxylation sites is 1. The van der Waals surface area contributed by atoms with Crippen LogP contribution in [-0.2, 0) is 10.2 Å². The summed E-state index contributed by atoms with van der Waals surface area (Å²) in [7, 11) is 1.44. The highest BCUT2D eigenvalue weighted by atomic mass is 16.5. The lowest BCUT2D eigenvalue weighted by Crippen LogP contribution is -2.46. The SMILES string of the molecule is CC.COC(=O)N1CCC2(CC1)CNc1ccccc12. The molecular weight excluding hydrogens is 252 g/mol. The Morgan fingerprint density at radius 3 is 2.55 bits per heavy atom. The summed E-state index contributed by atoms with van der Waals surface area (Å²) in [6, 6.07) is 8.51. The predicted octanol–water partition coefficient (Wildman–Crippen LogP) is 3.24. The van der Waals surface area contributed by atoms with E-state index in [9.17, 15) is 4.79 Å². The lowest BCUT2D eigenvalue weighted by molar-refractivity contribution is 0.102. The fourth-order valence-electron chi connectivity index (χ4n) is 3.15. The summed E-state index contributed by atoms with van der Waals surface area (Å²) in [5, 5.41) is 3.48. The van der Waals surface area contributed by atoms with Crippen molar-refractivity contribution in [3.05, 3.63) is 29.8 Å². The molecule has 110 valence electrons. The molecule has 20 heavy (non-hydrogen) atoms. The largest absolute Gasteiger partial charge is 0.453 e. The maximum absolute atomic E-state index is 11.5. The molecule has 1 aromatic carbocycles. The van der Waals surface area contributed by atoms with E-state index < -0.39 is 0 Å². The van der Waals surface area contributed by atoms with Crippen LogP contribution in [0.25, 0.3) is 0 Å². The average molecular weight is 276 g/mol. The van der Waals surface area contributed by atoms with Crippen LogP contribution in [0.15, 0.2) is 24.3 Å². The molecule has 2 heterocycles. The molecule has 0 atom stereocenters. The van der Waals surface area contributed by atoms with Crippen LogP contribution in [0, 0.1) is 0 Å². The third kappa shape index (κ3) is 2.47. The molecule has 1 fully saturated rings. The molecule has 1 N–H and O–H groups in total. The van der Waals surface area contributed by atoms with Gasteiger partial charge in [0.25, 0.3) is 0 Å². The second kappa shape index (κ2) is 6.16. The Bertz CT molecular complexity index is 465. The van der Waals surface area contributed by atoms with E-state index in [4.69, 9.17) is 4.74 Å². The van der Waals surface area contributed by atoms with Crippen LogP contribution < -0.4 is 5.32 Å². The van der Waals surface area contributed by atoms with Crippen molar-refractivity contribution in [3.63, 3.8) is 0 Å². The van der Waals surface area contributed by atoms with Crippen LogP contribution in [0.3, 0.4) is 0 Å². The van der Waals surface area contributed by atoms with Crippen LogP contribution in [-0.4, -0.2) is 37.7 Å². The molecule has 3 rings (SSSR count). The lowest BCUT2D eigenvalue weighted by atomic mass is 9.74. The van der Waals surface area contributed by atoms with Crippen LogP contribution >= 0.6 is 0 Å². The zero-order valence-corrected chi connectivity index (χ0v) is 12.6. The minimum Gasteiger partial charge on any atom is -0.453 e. The molecule has 0 saturated carbocycles. The number of nitrogens with zero attached hydrogens (tertiary/aromatic N) is 1. The summed E-state index contributed by atoms with van der Waals surface area (Å²) in [6.07, 6.45) is 1.81. The van der Waals surface area contributed by atoms with Gasteiger partial charge in [-0.05, 0) is 24.5 Å². The highest BCUT2D eigenvalue weighted by Crippen LogP contribution is 2.43. The normalized spacial score (nSPS) is 18.6. The van der Waals surface area contributed by atoms with E-state index in [0.717, 1.165) is 32.5 Å². The van der Waals surface area contributed by atoms with Gasteiger partial charge in [0.05, 0.1) is 7.11 Å². The number of hydrogen-bond donors (Lipinski definition) is 1. The molecule has 1 amide bonds. The molecule has 0 aromatic heterocycles. The molecule has 0 bridgehead atoms. The van der Waals surface area contributed by atoms with Gasteiger partial charge in [-0.3, -0.25) is 0 Å². The summed E-state index contributed by atoms with van der Waals surface area (Å²) in [4.78, 5) is 13.3. The molecule has 0 aliphatic carbocycles. The smallest absolute Gasteiger partial charge is 0.409 e. The van der Waals surface area contributed by atoms with Crippen molar-refractivity contribution in [3.8, 4) is 0 Å². The number of carbonyl (C=O) groups excluding carboxylic acids is 1. The Labute approximate surface area is 121 Å². The number of amides is 1. The Balaban J connectivity index is 0.000000704. The number of hydrogen-bond acceptors (Lipinski definition) is 3. The number of ether oxygens (including phenoxy) is 1. The van der Waals surface area contributed by atoms with Gasteiger partial charge in [-0.2, -0.15) is 0 Å². The molecular formula is C16H24N2O2. The topological polar surface area (TPSA) is 41.6 Å². The third-order valence-electron chi connectivity index (χ3n) is 4.27. The average Bonchev–Trinajstić information content (AvgIpc) is 2.88. The summed E-state index contributed by atoms with van der Waals surface area (Å²) >= 11 is 0. The number of rotatable bonds is 0. The highest BCUT2D eigenvalue weighted by molar-refractivity contribution is 5.68. The van der Waals surface area contributed by atoms with E-state index in [2.05, 4.69) is 29.6 Å². The van der Waals surface area contributed by atoms with E-state index in [1.54, 1.807) is 4.90 Å². The van der Waals surface area contributed by atoms with Crippen LogP contribution in [0.1, 0.15) is 32.3 Å². The number of benzene rings is 1. The second-order valence-corrected chi connectivity index (χ2v) is 5.14. The highest BCUT2D eigenvalue weighted by Gasteiger charge is 2.42. The van der Waals surface area contributed by atoms with E-state index in [1.165, 1.54) is 18.4 Å². The molecule has 1 spiro atoms. The fraction of sp³-hybridized carbons (Fsp3) is 0.562. The van der Waals surface area contributed by atoms with Gasteiger partial charge in [-0.1, -0.05) is 32.0 Å². The number of piperidine rings is 1. The van der Waals surface area contributed by atoms with Crippen molar-refractivity contribution < 1.29 is 9.53 Å². The van der Waals surface area contributed by atoms with Crippen molar-refractivity contribution in [1.82, 2.24) is 4.90 Å². The fourth-order valence-corrected chi connectivity index (χ4v) is 3.15. The van der Waals surface area contributed by atoms with Gasteiger partial charge >= 0.3 is 6.09 Å². The van der Waals surface area contributed by atoms with Gasteiger partial charge in [-0.15, -0.1) is 0 Å². The van der Waals surface area contributed by atoms with Gasteiger partial charge in [0, 0.05) is 30.7 Å².